The maximum Gasteiger partial charge on any atom is 0.212 e. The summed E-state index contributed by atoms with van der Waals surface area (Å²) in [6.07, 6.45) is 11.5. The SMILES string of the molecule is Cc1ncccc1Sc1cnc(N2CCC3(CCC[C@H]3N)CC2)n2cnnc12. The summed E-state index contributed by atoms with van der Waals surface area (Å²) in [5, 5.41) is 8.53. The third-order valence-corrected chi connectivity index (χ3v) is 7.64. The van der Waals surface area contributed by atoms with Crippen LogP contribution in [-0.2, 0) is 0 Å². The van der Waals surface area contributed by atoms with Crippen LogP contribution in [-0.4, -0.2) is 43.7 Å². The van der Waals surface area contributed by atoms with Crippen molar-refractivity contribution in [2.24, 2.45) is 11.1 Å². The van der Waals surface area contributed by atoms with E-state index in [9.17, 15) is 0 Å². The highest BCUT2D eigenvalue weighted by molar-refractivity contribution is 7.99. The lowest BCUT2D eigenvalue weighted by Gasteiger charge is -2.42. The molecule has 28 heavy (non-hydrogen) atoms. The maximum absolute atomic E-state index is 6.44. The highest BCUT2D eigenvalue weighted by Gasteiger charge is 2.43. The van der Waals surface area contributed by atoms with Crippen LogP contribution in [0.4, 0.5) is 5.95 Å². The van der Waals surface area contributed by atoms with Crippen molar-refractivity contribution in [3.8, 4) is 0 Å². The lowest BCUT2D eigenvalue weighted by Crippen LogP contribution is -2.47. The summed E-state index contributed by atoms with van der Waals surface area (Å²) in [5.41, 5.74) is 8.63. The smallest absolute Gasteiger partial charge is 0.212 e. The Labute approximate surface area is 168 Å². The van der Waals surface area contributed by atoms with Gasteiger partial charge in [0.05, 0.1) is 10.6 Å². The first kappa shape index (κ1) is 17.9. The van der Waals surface area contributed by atoms with E-state index in [4.69, 9.17) is 10.7 Å². The van der Waals surface area contributed by atoms with Crippen LogP contribution in [0.5, 0.6) is 0 Å². The van der Waals surface area contributed by atoms with Gasteiger partial charge in [-0.05, 0) is 50.2 Å². The molecule has 146 valence electrons. The molecule has 2 N–H and O–H groups in total. The first-order chi connectivity index (χ1) is 13.7. The Hall–Kier alpha value is -2.19. The van der Waals surface area contributed by atoms with Crippen molar-refractivity contribution < 1.29 is 0 Å². The van der Waals surface area contributed by atoms with Crippen LogP contribution in [0.1, 0.15) is 37.8 Å². The van der Waals surface area contributed by atoms with Gasteiger partial charge in [0, 0.05) is 36.4 Å². The van der Waals surface area contributed by atoms with Gasteiger partial charge in [0.25, 0.3) is 0 Å². The number of aryl methyl sites for hydroxylation is 1. The molecule has 1 atom stereocenters. The molecule has 1 aliphatic heterocycles. The van der Waals surface area contributed by atoms with Crippen LogP contribution >= 0.6 is 11.8 Å². The molecule has 0 radical (unpaired) electrons. The molecule has 2 aliphatic rings. The quantitative estimate of drug-likeness (QED) is 0.729. The molecule has 1 saturated carbocycles. The minimum absolute atomic E-state index is 0.344. The first-order valence-corrected chi connectivity index (χ1v) is 10.8. The Morgan fingerprint density at radius 3 is 2.79 bits per heavy atom. The minimum atomic E-state index is 0.344. The van der Waals surface area contributed by atoms with E-state index in [-0.39, 0.29) is 0 Å². The second-order valence-electron chi connectivity index (χ2n) is 7.98. The molecule has 0 bridgehead atoms. The zero-order chi connectivity index (χ0) is 19.1. The highest BCUT2D eigenvalue weighted by Crippen LogP contribution is 2.46. The monoisotopic (exact) mass is 395 g/mol. The third kappa shape index (κ3) is 2.95. The van der Waals surface area contributed by atoms with E-state index in [2.05, 4.69) is 26.1 Å². The summed E-state index contributed by atoms with van der Waals surface area (Å²) in [5.74, 6) is 0.925. The van der Waals surface area contributed by atoms with Gasteiger partial charge < -0.3 is 10.6 Å². The number of fused-ring (bicyclic) bond motifs is 1. The van der Waals surface area contributed by atoms with Crippen LogP contribution in [0.15, 0.2) is 40.6 Å². The van der Waals surface area contributed by atoms with Crippen molar-refractivity contribution in [1.29, 1.82) is 0 Å². The maximum atomic E-state index is 6.44. The number of piperidine rings is 1. The normalized spacial score (nSPS) is 21.6. The molecule has 1 spiro atoms. The van der Waals surface area contributed by atoms with E-state index >= 15 is 0 Å². The van der Waals surface area contributed by atoms with Crippen LogP contribution in [0.2, 0.25) is 0 Å². The van der Waals surface area contributed by atoms with Gasteiger partial charge in [-0.25, -0.2) is 9.38 Å². The molecule has 1 aliphatic carbocycles. The van der Waals surface area contributed by atoms with Gasteiger partial charge in [0.15, 0.2) is 5.65 Å². The minimum Gasteiger partial charge on any atom is -0.342 e. The van der Waals surface area contributed by atoms with Crippen LogP contribution < -0.4 is 10.6 Å². The Morgan fingerprint density at radius 2 is 2.04 bits per heavy atom. The largest absolute Gasteiger partial charge is 0.342 e. The van der Waals surface area contributed by atoms with Gasteiger partial charge in [0.1, 0.15) is 6.33 Å². The molecule has 1 saturated heterocycles. The van der Waals surface area contributed by atoms with Crippen molar-refractivity contribution in [3.63, 3.8) is 0 Å². The summed E-state index contributed by atoms with van der Waals surface area (Å²) in [6, 6.07) is 4.39. The summed E-state index contributed by atoms with van der Waals surface area (Å²) >= 11 is 1.64. The van der Waals surface area contributed by atoms with E-state index in [0.29, 0.717) is 11.5 Å². The van der Waals surface area contributed by atoms with E-state index in [0.717, 1.165) is 53.0 Å². The summed E-state index contributed by atoms with van der Waals surface area (Å²) in [6.45, 7) is 3.99. The molecule has 0 aromatic carbocycles. The van der Waals surface area contributed by atoms with Crippen LogP contribution in [0.25, 0.3) is 5.65 Å². The lowest BCUT2D eigenvalue weighted by molar-refractivity contribution is 0.197. The van der Waals surface area contributed by atoms with Crippen molar-refractivity contribution in [1.82, 2.24) is 24.6 Å². The number of nitrogens with two attached hydrogens (primary N) is 1. The lowest BCUT2D eigenvalue weighted by atomic mass is 9.74. The second kappa shape index (κ2) is 7.00. The summed E-state index contributed by atoms with van der Waals surface area (Å²) < 4.78 is 2.01. The van der Waals surface area contributed by atoms with E-state index in [1.807, 2.05) is 29.8 Å². The van der Waals surface area contributed by atoms with Crippen LogP contribution in [0, 0.1) is 12.3 Å². The average molecular weight is 396 g/mol. The molecular weight excluding hydrogens is 370 g/mol. The molecular formula is C20H25N7S. The van der Waals surface area contributed by atoms with Crippen molar-refractivity contribution in [2.75, 3.05) is 18.0 Å². The fourth-order valence-corrected chi connectivity index (χ4v) is 5.65. The molecule has 7 nitrogen and oxygen atoms in total. The number of hydrogen-bond donors (Lipinski definition) is 1. The summed E-state index contributed by atoms with van der Waals surface area (Å²) in [4.78, 5) is 13.6. The standard InChI is InChI=1S/C20H25N7S/c1-14-15(4-3-9-22-14)28-16-12-23-19(27-13-24-25-18(16)27)26-10-7-20(8-11-26)6-2-5-17(20)21/h3-4,9,12-13,17H,2,5-8,10-11,21H2,1H3/t17-/m1/s1. The fraction of sp³-hybridized carbons (Fsp3) is 0.500. The first-order valence-electron chi connectivity index (χ1n) is 9.95. The predicted octanol–water partition coefficient (Wildman–Crippen LogP) is 3.08. The van der Waals surface area contributed by atoms with Crippen molar-refractivity contribution in [3.05, 3.63) is 36.5 Å². The number of rotatable bonds is 3. The Kier molecular flexibility index (Phi) is 4.47. The second-order valence-corrected chi connectivity index (χ2v) is 9.07. The number of anilines is 1. The fourth-order valence-electron chi connectivity index (χ4n) is 4.73. The number of pyridine rings is 1. The molecule has 2 fully saturated rings. The molecule has 8 heteroatoms. The Morgan fingerprint density at radius 1 is 1.18 bits per heavy atom. The average Bonchev–Trinajstić information content (AvgIpc) is 3.33. The van der Waals surface area contributed by atoms with E-state index < -0.39 is 0 Å². The molecule has 3 aromatic rings. The van der Waals surface area contributed by atoms with Gasteiger partial charge in [-0.3, -0.25) is 4.98 Å². The Balaban J connectivity index is 1.41. The molecule has 4 heterocycles. The summed E-state index contributed by atoms with van der Waals surface area (Å²) in [7, 11) is 0. The molecule has 0 amide bonds. The van der Waals surface area contributed by atoms with Crippen molar-refractivity contribution >= 4 is 23.4 Å². The topological polar surface area (TPSA) is 85.2 Å². The predicted molar refractivity (Wildman–Crippen MR) is 110 cm³/mol. The highest BCUT2D eigenvalue weighted by atomic mass is 32.2. The van der Waals surface area contributed by atoms with Crippen molar-refractivity contribution in [2.45, 2.75) is 54.9 Å². The van der Waals surface area contributed by atoms with Gasteiger partial charge in [-0.1, -0.05) is 18.2 Å². The third-order valence-electron chi connectivity index (χ3n) is 6.48. The molecule has 5 rings (SSSR count). The van der Waals surface area contributed by atoms with Gasteiger partial charge in [-0.15, -0.1) is 10.2 Å². The van der Waals surface area contributed by atoms with E-state index in [1.54, 1.807) is 18.1 Å². The van der Waals surface area contributed by atoms with Gasteiger partial charge in [0.2, 0.25) is 5.95 Å². The number of nitrogens with zero attached hydrogens (tertiary/aromatic N) is 6. The number of hydrogen-bond acceptors (Lipinski definition) is 7. The molecule has 3 aromatic heterocycles. The van der Waals surface area contributed by atoms with E-state index in [1.165, 1.54) is 19.3 Å². The zero-order valence-electron chi connectivity index (χ0n) is 16.1. The van der Waals surface area contributed by atoms with Gasteiger partial charge in [-0.2, -0.15) is 0 Å². The van der Waals surface area contributed by atoms with Crippen LogP contribution in [0.3, 0.4) is 0 Å². The number of aromatic nitrogens is 5. The zero-order valence-corrected chi connectivity index (χ0v) is 16.9. The Bertz CT molecular complexity index is 993. The van der Waals surface area contributed by atoms with Gasteiger partial charge >= 0.3 is 0 Å². The molecule has 0 unspecified atom stereocenters.